The molecule has 0 amide bonds. The number of hydrogen-bond acceptors (Lipinski definition) is 1. The summed E-state index contributed by atoms with van der Waals surface area (Å²) in [4.78, 5) is 3.37. The molecular formula is C14H13NO. The molecule has 2 heterocycles. The molecule has 0 aliphatic heterocycles. The van der Waals surface area contributed by atoms with E-state index in [1.54, 1.807) is 6.26 Å². The molecule has 0 bridgehead atoms. The lowest BCUT2D eigenvalue weighted by Crippen LogP contribution is -1.75. The van der Waals surface area contributed by atoms with Crippen LogP contribution in [0.3, 0.4) is 0 Å². The Hall–Kier alpha value is -1.96. The van der Waals surface area contributed by atoms with E-state index in [1.807, 2.05) is 12.1 Å². The standard InChI is InChI=1S/C14H13NO/c1-9-10(2)15-13-6-5-11(8-12(9)13)14-4-3-7-16-14/h3-8,15H,1-2H3. The molecule has 2 nitrogen and oxygen atoms in total. The van der Waals surface area contributed by atoms with Crippen molar-refractivity contribution in [2.24, 2.45) is 0 Å². The molecule has 0 aliphatic rings. The van der Waals surface area contributed by atoms with Gasteiger partial charge in [-0.25, -0.2) is 0 Å². The van der Waals surface area contributed by atoms with Crippen LogP contribution in [0.2, 0.25) is 0 Å². The first-order valence-electron chi connectivity index (χ1n) is 5.38. The molecule has 0 saturated heterocycles. The molecule has 1 N–H and O–H groups in total. The van der Waals surface area contributed by atoms with Crippen LogP contribution in [0.4, 0.5) is 0 Å². The number of H-pyrrole nitrogens is 1. The Labute approximate surface area is 93.9 Å². The Morgan fingerprint density at radius 2 is 2.00 bits per heavy atom. The molecule has 0 spiro atoms. The van der Waals surface area contributed by atoms with Crippen LogP contribution >= 0.6 is 0 Å². The summed E-state index contributed by atoms with van der Waals surface area (Å²) in [6.45, 7) is 4.24. The van der Waals surface area contributed by atoms with Crippen molar-refractivity contribution in [1.29, 1.82) is 0 Å². The second-order valence-electron chi connectivity index (χ2n) is 4.11. The van der Waals surface area contributed by atoms with Crippen LogP contribution in [0.25, 0.3) is 22.2 Å². The van der Waals surface area contributed by atoms with Gasteiger partial charge in [-0.05, 0) is 49.7 Å². The van der Waals surface area contributed by atoms with E-state index in [-0.39, 0.29) is 0 Å². The van der Waals surface area contributed by atoms with Gasteiger partial charge >= 0.3 is 0 Å². The lowest BCUT2D eigenvalue weighted by Gasteiger charge is -1.98. The molecule has 80 valence electrons. The van der Waals surface area contributed by atoms with E-state index in [9.17, 15) is 0 Å². The third kappa shape index (κ3) is 1.27. The average Bonchev–Trinajstić information content (AvgIpc) is 2.89. The van der Waals surface area contributed by atoms with Crippen molar-refractivity contribution in [1.82, 2.24) is 4.98 Å². The zero-order valence-electron chi connectivity index (χ0n) is 9.37. The highest BCUT2D eigenvalue weighted by atomic mass is 16.3. The highest BCUT2D eigenvalue weighted by molar-refractivity contribution is 5.88. The Bertz CT molecular complexity index is 632. The van der Waals surface area contributed by atoms with Gasteiger partial charge in [-0.1, -0.05) is 0 Å². The van der Waals surface area contributed by atoms with Crippen molar-refractivity contribution in [2.75, 3.05) is 0 Å². The van der Waals surface area contributed by atoms with E-state index in [2.05, 4.69) is 37.0 Å². The van der Waals surface area contributed by atoms with E-state index in [1.165, 1.54) is 22.2 Å². The summed E-state index contributed by atoms with van der Waals surface area (Å²) < 4.78 is 5.40. The number of aromatic nitrogens is 1. The maximum absolute atomic E-state index is 5.40. The van der Waals surface area contributed by atoms with Gasteiger partial charge in [0.1, 0.15) is 5.76 Å². The van der Waals surface area contributed by atoms with E-state index in [0.717, 1.165) is 11.3 Å². The predicted octanol–water partition coefficient (Wildman–Crippen LogP) is 4.04. The van der Waals surface area contributed by atoms with Crippen molar-refractivity contribution in [3.8, 4) is 11.3 Å². The van der Waals surface area contributed by atoms with Crippen LogP contribution in [0.15, 0.2) is 41.0 Å². The number of hydrogen-bond donors (Lipinski definition) is 1. The van der Waals surface area contributed by atoms with Gasteiger partial charge in [0.2, 0.25) is 0 Å². The fourth-order valence-corrected chi connectivity index (χ4v) is 2.06. The van der Waals surface area contributed by atoms with Gasteiger partial charge in [-0.15, -0.1) is 0 Å². The van der Waals surface area contributed by atoms with Crippen molar-refractivity contribution in [2.45, 2.75) is 13.8 Å². The zero-order valence-corrected chi connectivity index (χ0v) is 9.37. The lowest BCUT2D eigenvalue weighted by atomic mass is 10.1. The largest absolute Gasteiger partial charge is 0.464 e. The molecule has 3 rings (SSSR count). The second kappa shape index (κ2) is 3.27. The molecule has 1 aromatic carbocycles. The van der Waals surface area contributed by atoms with Crippen molar-refractivity contribution in [3.63, 3.8) is 0 Å². The quantitative estimate of drug-likeness (QED) is 0.646. The number of nitrogens with one attached hydrogen (secondary N) is 1. The van der Waals surface area contributed by atoms with Crippen LogP contribution < -0.4 is 0 Å². The van der Waals surface area contributed by atoms with Crippen molar-refractivity contribution < 1.29 is 4.42 Å². The number of aryl methyl sites for hydroxylation is 2. The minimum absolute atomic E-state index is 0.917. The molecule has 0 unspecified atom stereocenters. The zero-order chi connectivity index (χ0) is 11.1. The maximum Gasteiger partial charge on any atom is 0.133 e. The van der Waals surface area contributed by atoms with Gasteiger partial charge in [-0.2, -0.15) is 0 Å². The average molecular weight is 211 g/mol. The summed E-state index contributed by atoms with van der Waals surface area (Å²) in [6, 6.07) is 10.3. The third-order valence-electron chi connectivity index (χ3n) is 3.11. The number of rotatable bonds is 1. The van der Waals surface area contributed by atoms with Gasteiger partial charge in [0.25, 0.3) is 0 Å². The second-order valence-corrected chi connectivity index (χ2v) is 4.11. The van der Waals surface area contributed by atoms with Gasteiger partial charge < -0.3 is 9.40 Å². The summed E-state index contributed by atoms with van der Waals surface area (Å²) in [5.41, 5.74) is 4.85. The first-order valence-corrected chi connectivity index (χ1v) is 5.38. The fourth-order valence-electron chi connectivity index (χ4n) is 2.06. The van der Waals surface area contributed by atoms with Gasteiger partial charge in [0.05, 0.1) is 6.26 Å². The molecule has 16 heavy (non-hydrogen) atoms. The molecular weight excluding hydrogens is 198 g/mol. The summed E-state index contributed by atoms with van der Waals surface area (Å²) in [7, 11) is 0. The molecule has 0 aliphatic carbocycles. The minimum atomic E-state index is 0.917. The predicted molar refractivity (Wildman–Crippen MR) is 65.5 cm³/mol. The molecule has 2 aromatic heterocycles. The topological polar surface area (TPSA) is 28.9 Å². The lowest BCUT2D eigenvalue weighted by molar-refractivity contribution is 0.582. The first kappa shape index (κ1) is 9.28. The fraction of sp³-hybridized carbons (Fsp3) is 0.143. The van der Waals surface area contributed by atoms with Gasteiger partial charge in [0, 0.05) is 22.2 Å². The summed E-state index contributed by atoms with van der Waals surface area (Å²) >= 11 is 0. The van der Waals surface area contributed by atoms with E-state index in [0.29, 0.717) is 0 Å². The molecule has 2 heteroatoms. The molecule has 0 saturated carbocycles. The Morgan fingerprint density at radius 1 is 1.12 bits per heavy atom. The van der Waals surface area contributed by atoms with E-state index >= 15 is 0 Å². The van der Waals surface area contributed by atoms with Crippen molar-refractivity contribution >= 4 is 10.9 Å². The highest BCUT2D eigenvalue weighted by Crippen LogP contribution is 2.27. The minimum Gasteiger partial charge on any atom is -0.464 e. The van der Waals surface area contributed by atoms with Crippen LogP contribution in [-0.2, 0) is 0 Å². The Kier molecular flexibility index (Phi) is 1.90. The Balaban J connectivity index is 2.26. The monoisotopic (exact) mass is 211 g/mol. The SMILES string of the molecule is Cc1[nH]c2ccc(-c3ccco3)cc2c1C. The first-order chi connectivity index (χ1) is 7.75. The molecule has 0 fully saturated rings. The molecule has 0 radical (unpaired) electrons. The highest BCUT2D eigenvalue weighted by Gasteiger charge is 2.06. The van der Waals surface area contributed by atoms with E-state index in [4.69, 9.17) is 4.42 Å². The van der Waals surface area contributed by atoms with Crippen molar-refractivity contribution in [3.05, 3.63) is 47.9 Å². The van der Waals surface area contributed by atoms with Crippen LogP contribution in [0, 0.1) is 13.8 Å². The van der Waals surface area contributed by atoms with Crippen LogP contribution in [0.5, 0.6) is 0 Å². The Morgan fingerprint density at radius 3 is 2.75 bits per heavy atom. The normalized spacial score (nSPS) is 11.1. The van der Waals surface area contributed by atoms with E-state index < -0.39 is 0 Å². The molecule has 0 atom stereocenters. The van der Waals surface area contributed by atoms with Gasteiger partial charge in [-0.3, -0.25) is 0 Å². The number of benzene rings is 1. The number of fused-ring (bicyclic) bond motifs is 1. The summed E-state index contributed by atoms with van der Waals surface area (Å²) in [6.07, 6.45) is 1.70. The third-order valence-corrected chi connectivity index (χ3v) is 3.11. The van der Waals surface area contributed by atoms with Crippen LogP contribution in [0.1, 0.15) is 11.3 Å². The maximum atomic E-state index is 5.40. The van der Waals surface area contributed by atoms with Crippen LogP contribution in [-0.4, -0.2) is 4.98 Å². The smallest absolute Gasteiger partial charge is 0.133 e. The molecule has 3 aromatic rings. The summed E-state index contributed by atoms with van der Waals surface area (Å²) in [5, 5.41) is 1.27. The summed E-state index contributed by atoms with van der Waals surface area (Å²) in [5.74, 6) is 0.917. The number of aromatic amines is 1. The number of furan rings is 1. The van der Waals surface area contributed by atoms with Gasteiger partial charge in [0.15, 0.2) is 0 Å².